The zero-order chi connectivity index (χ0) is 17.4. The Balaban J connectivity index is 2.06. The van der Waals surface area contributed by atoms with Gasteiger partial charge in [0.2, 0.25) is 0 Å². The number of nitrogens with zero attached hydrogens (tertiary/aromatic N) is 2. The Labute approximate surface area is 141 Å². The maximum atomic E-state index is 14.0. The van der Waals surface area contributed by atoms with Crippen molar-refractivity contribution in [2.24, 2.45) is 10.2 Å². The van der Waals surface area contributed by atoms with Crippen molar-refractivity contribution in [1.29, 1.82) is 0 Å². The minimum absolute atomic E-state index is 0.159. The van der Waals surface area contributed by atoms with Crippen LogP contribution in [-0.2, 0) is 12.8 Å². The van der Waals surface area contributed by atoms with Crippen molar-refractivity contribution in [3.63, 3.8) is 0 Å². The highest BCUT2D eigenvalue weighted by Crippen LogP contribution is 2.15. The molecule has 0 amide bonds. The van der Waals surface area contributed by atoms with Gasteiger partial charge >= 0.3 is 0 Å². The Morgan fingerprint density at radius 3 is 2.08 bits per heavy atom. The molecule has 0 heterocycles. The predicted octanol–water partition coefficient (Wildman–Crippen LogP) is 5.32. The average Bonchev–Trinajstić information content (AvgIpc) is 2.59. The number of rotatable bonds is 7. The van der Waals surface area contributed by atoms with Crippen LogP contribution in [0.15, 0.2) is 46.6 Å². The summed E-state index contributed by atoms with van der Waals surface area (Å²) in [5.74, 6) is -1.21. The van der Waals surface area contributed by atoms with Gasteiger partial charge in [-0.2, -0.15) is 10.2 Å². The highest BCUT2D eigenvalue weighted by molar-refractivity contribution is 5.83. The molecule has 2 rings (SSSR count). The first kappa shape index (κ1) is 18.0. The molecule has 0 atom stereocenters. The first-order valence-electron chi connectivity index (χ1n) is 8.27. The van der Waals surface area contributed by atoms with Gasteiger partial charge in [-0.1, -0.05) is 44.5 Å². The molecule has 2 aromatic carbocycles. The molecule has 0 saturated carbocycles. The van der Waals surface area contributed by atoms with Crippen LogP contribution in [0.3, 0.4) is 0 Å². The minimum Gasteiger partial charge on any atom is -0.206 e. The van der Waals surface area contributed by atoms with E-state index < -0.39 is 11.6 Å². The van der Waals surface area contributed by atoms with Crippen LogP contribution in [0.5, 0.6) is 0 Å². The SMILES string of the molecule is CCCCc1cc(F)c(C=NN=Cc2ccc(CC)cc2)c(F)c1. The Kier molecular flexibility index (Phi) is 6.79. The number of aryl methyl sites for hydroxylation is 2. The number of hydrogen-bond donors (Lipinski definition) is 0. The second-order valence-corrected chi connectivity index (χ2v) is 5.66. The highest BCUT2D eigenvalue weighted by Gasteiger charge is 2.09. The van der Waals surface area contributed by atoms with Gasteiger partial charge < -0.3 is 0 Å². The van der Waals surface area contributed by atoms with Gasteiger partial charge in [0.1, 0.15) is 11.6 Å². The largest absolute Gasteiger partial charge is 0.206 e. The van der Waals surface area contributed by atoms with E-state index >= 15 is 0 Å². The molecule has 0 unspecified atom stereocenters. The molecule has 0 spiro atoms. The summed E-state index contributed by atoms with van der Waals surface area (Å²) in [5.41, 5.74) is 2.64. The fourth-order valence-electron chi connectivity index (χ4n) is 2.32. The normalized spacial score (nSPS) is 11.7. The van der Waals surface area contributed by atoms with E-state index in [1.165, 1.54) is 17.7 Å². The highest BCUT2D eigenvalue weighted by atomic mass is 19.1. The minimum atomic E-state index is -0.604. The van der Waals surface area contributed by atoms with Crippen LogP contribution in [0.4, 0.5) is 8.78 Å². The molecule has 2 nitrogen and oxygen atoms in total. The lowest BCUT2D eigenvalue weighted by Gasteiger charge is -2.04. The van der Waals surface area contributed by atoms with Crippen molar-refractivity contribution in [2.45, 2.75) is 39.5 Å². The molecule has 0 aliphatic heterocycles. The van der Waals surface area contributed by atoms with Gasteiger partial charge in [-0.05, 0) is 48.1 Å². The zero-order valence-corrected chi connectivity index (χ0v) is 14.1. The molecule has 0 bridgehead atoms. The topological polar surface area (TPSA) is 24.7 Å². The lowest BCUT2D eigenvalue weighted by molar-refractivity contribution is 0.575. The zero-order valence-electron chi connectivity index (χ0n) is 14.1. The fourth-order valence-corrected chi connectivity index (χ4v) is 2.32. The summed E-state index contributed by atoms with van der Waals surface area (Å²) < 4.78 is 28.0. The molecule has 0 aliphatic carbocycles. The van der Waals surface area contributed by atoms with Crippen LogP contribution in [0.2, 0.25) is 0 Å². The summed E-state index contributed by atoms with van der Waals surface area (Å²) in [4.78, 5) is 0. The van der Waals surface area contributed by atoms with E-state index in [9.17, 15) is 8.78 Å². The molecular formula is C20H22F2N2. The van der Waals surface area contributed by atoms with Crippen LogP contribution in [0.1, 0.15) is 48.9 Å². The maximum Gasteiger partial charge on any atom is 0.135 e. The van der Waals surface area contributed by atoms with E-state index in [0.29, 0.717) is 12.0 Å². The molecule has 126 valence electrons. The van der Waals surface area contributed by atoms with Crippen LogP contribution >= 0.6 is 0 Å². The smallest absolute Gasteiger partial charge is 0.135 e. The first-order chi connectivity index (χ1) is 11.6. The van der Waals surface area contributed by atoms with E-state index in [1.54, 1.807) is 6.21 Å². The average molecular weight is 328 g/mol. The summed E-state index contributed by atoms with van der Waals surface area (Å²) in [6.07, 6.45) is 6.22. The van der Waals surface area contributed by atoms with E-state index in [-0.39, 0.29) is 5.56 Å². The summed E-state index contributed by atoms with van der Waals surface area (Å²) in [6, 6.07) is 10.6. The van der Waals surface area contributed by atoms with E-state index in [2.05, 4.69) is 17.1 Å². The van der Waals surface area contributed by atoms with Crippen LogP contribution in [0, 0.1) is 11.6 Å². The molecule has 0 saturated heterocycles. The molecule has 0 radical (unpaired) electrons. The van der Waals surface area contributed by atoms with Crippen molar-refractivity contribution in [3.8, 4) is 0 Å². The monoisotopic (exact) mass is 328 g/mol. The summed E-state index contributed by atoms with van der Waals surface area (Å²) in [6.45, 7) is 4.13. The molecule has 0 aliphatic rings. The third-order valence-electron chi connectivity index (χ3n) is 3.81. The summed E-state index contributed by atoms with van der Waals surface area (Å²) >= 11 is 0. The quantitative estimate of drug-likeness (QED) is 0.485. The van der Waals surface area contributed by atoms with Crippen molar-refractivity contribution in [1.82, 2.24) is 0 Å². The molecule has 0 aromatic heterocycles. The van der Waals surface area contributed by atoms with Gasteiger partial charge in [0.05, 0.1) is 18.0 Å². The van der Waals surface area contributed by atoms with Crippen molar-refractivity contribution in [3.05, 3.63) is 70.3 Å². The lowest BCUT2D eigenvalue weighted by Crippen LogP contribution is -1.97. The molecule has 24 heavy (non-hydrogen) atoms. The van der Waals surface area contributed by atoms with E-state index in [1.807, 2.05) is 31.2 Å². The Bertz CT molecular complexity index is 696. The third kappa shape index (κ3) is 5.08. The Hall–Kier alpha value is -2.36. The molecule has 0 N–H and O–H groups in total. The summed E-state index contributed by atoms with van der Waals surface area (Å²) in [7, 11) is 0. The van der Waals surface area contributed by atoms with E-state index in [4.69, 9.17) is 0 Å². The van der Waals surface area contributed by atoms with Gasteiger partial charge in [0, 0.05) is 0 Å². The van der Waals surface area contributed by atoms with Gasteiger partial charge in [0.15, 0.2) is 0 Å². The van der Waals surface area contributed by atoms with Gasteiger partial charge in [-0.3, -0.25) is 0 Å². The van der Waals surface area contributed by atoms with Crippen LogP contribution < -0.4 is 0 Å². The van der Waals surface area contributed by atoms with E-state index in [0.717, 1.165) is 31.0 Å². The number of unbranched alkanes of at least 4 members (excludes halogenated alkanes) is 1. The second-order valence-electron chi connectivity index (χ2n) is 5.66. The standard InChI is InChI=1S/C20H22F2N2/c1-3-5-6-17-11-19(21)18(20(22)12-17)14-24-23-13-16-9-7-15(4-2)8-10-16/h7-14H,3-6H2,1-2H3. The molecular weight excluding hydrogens is 306 g/mol. The maximum absolute atomic E-state index is 14.0. The van der Waals surface area contributed by atoms with Crippen molar-refractivity contribution < 1.29 is 8.78 Å². The predicted molar refractivity (Wildman–Crippen MR) is 96.0 cm³/mol. The van der Waals surface area contributed by atoms with Gasteiger partial charge in [-0.25, -0.2) is 8.78 Å². The van der Waals surface area contributed by atoms with Crippen LogP contribution in [-0.4, -0.2) is 12.4 Å². The molecule has 2 aromatic rings. The second kappa shape index (κ2) is 9.06. The first-order valence-corrected chi connectivity index (χ1v) is 8.27. The Morgan fingerprint density at radius 1 is 0.875 bits per heavy atom. The van der Waals surface area contributed by atoms with Crippen molar-refractivity contribution in [2.75, 3.05) is 0 Å². The molecule has 0 fully saturated rings. The van der Waals surface area contributed by atoms with Crippen molar-refractivity contribution >= 4 is 12.4 Å². The fraction of sp³-hybridized carbons (Fsp3) is 0.300. The van der Waals surface area contributed by atoms with Gasteiger partial charge in [0.25, 0.3) is 0 Å². The Morgan fingerprint density at radius 2 is 1.50 bits per heavy atom. The third-order valence-corrected chi connectivity index (χ3v) is 3.81. The lowest BCUT2D eigenvalue weighted by atomic mass is 10.1. The number of halogens is 2. The van der Waals surface area contributed by atoms with Gasteiger partial charge in [-0.15, -0.1) is 0 Å². The number of hydrogen-bond acceptors (Lipinski definition) is 2. The summed E-state index contributed by atoms with van der Waals surface area (Å²) in [5, 5.41) is 7.62. The number of benzene rings is 2. The van der Waals surface area contributed by atoms with Crippen LogP contribution in [0.25, 0.3) is 0 Å². The molecule has 4 heteroatoms.